The zero-order valence-corrected chi connectivity index (χ0v) is 17.9. The molecule has 2 aliphatic rings. The van der Waals surface area contributed by atoms with Gasteiger partial charge in [-0.2, -0.15) is 0 Å². The van der Waals surface area contributed by atoms with E-state index >= 15 is 0 Å². The number of fused-ring (bicyclic) bond motifs is 1. The molecule has 156 valence electrons. The molecule has 1 saturated heterocycles. The standard InChI is InChI=1S/C22H25N5O2S/c1-14-23-17-6-3-2-5-16(17)21(24-14)27-10-8-15(9-11-27)25-22(28)18-13-19(29-26-18)20-7-4-12-30-20/h4,7,12-13,15H,2-3,5-6,8-11H2,1H3,(H,25,28). The van der Waals surface area contributed by atoms with Crippen LogP contribution in [0.1, 0.15) is 53.3 Å². The summed E-state index contributed by atoms with van der Waals surface area (Å²) in [5.74, 6) is 2.43. The lowest BCUT2D eigenvalue weighted by atomic mass is 9.95. The third-order valence-electron chi connectivity index (χ3n) is 5.91. The van der Waals surface area contributed by atoms with Crippen molar-refractivity contribution in [2.24, 2.45) is 0 Å². The molecule has 1 aliphatic carbocycles. The van der Waals surface area contributed by atoms with Crippen LogP contribution in [0, 0.1) is 6.92 Å². The predicted octanol–water partition coefficient (Wildman–Crippen LogP) is 3.78. The molecule has 5 rings (SSSR count). The van der Waals surface area contributed by atoms with Crippen LogP contribution in [0.5, 0.6) is 0 Å². The molecular weight excluding hydrogens is 398 g/mol. The molecule has 0 atom stereocenters. The number of nitrogens with zero attached hydrogens (tertiary/aromatic N) is 4. The van der Waals surface area contributed by atoms with E-state index in [0.29, 0.717) is 11.5 Å². The quantitative estimate of drug-likeness (QED) is 0.688. The van der Waals surface area contributed by atoms with Crippen LogP contribution in [0.25, 0.3) is 10.6 Å². The minimum atomic E-state index is -0.171. The number of aromatic nitrogens is 3. The van der Waals surface area contributed by atoms with Crippen molar-refractivity contribution in [3.63, 3.8) is 0 Å². The summed E-state index contributed by atoms with van der Waals surface area (Å²) in [6, 6.07) is 5.75. The van der Waals surface area contributed by atoms with Crippen LogP contribution in [0.3, 0.4) is 0 Å². The summed E-state index contributed by atoms with van der Waals surface area (Å²) in [4.78, 5) is 25.4. The van der Waals surface area contributed by atoms with Gasteiger partial charge in [0.15, 0.2) is 11.5 Å². The Balaban J connectivity index is 1.22. The first-order valence-electron chi connectivity index (χ1n) is 10.6. The van der Waals surface area contributed by atoms with E-state index in [1.807, 2.05) is 24.4 Å². The molecule has 4 heterocycles. The first kappa shape index (κ1) is 19.2. The van der Waals surface area contributed by atoms with Crippen molar-refractivity contribution in [2.45, 2.75) is 51.5 Å². The molecule has 1 N–H and O–H groups in total. The van der Waals surface area contributed by atoms with E-state index in [0.717, 1.165) is 55.3 Å². The van der Waals surface area contributed by atoms with Crippen molar-refractivity contribution >= 4 is 23.1 Å². The molecule has 3 aromatic rings. The van der Waals surface area contributed by atoms with Crippen LogP contribution in [0.2, 0.25) is 0 Å². The Morgan fingerprint density at radius 3 is 2.87 bits per heavy atom. The third-order valence-corrected chi connectivity index (χ3v) is 6.79. The highest BCUT2D eigenvalue weighted by Crippen LogP contribution is 2.30. The number of carbonyl (C=O) groups excluding carboxylic acids is 1. The Kier molecular flexibility index (Phi) is 5.25. The van der Waals surface area contributed by atoms with Gasteiger partial charge in [0.1, 0.15) is 11.6 Å². The number of carbonyl (C=O) groups is 1. The number of hydrogen-bond donors (Lipinski definition) is 1. The third kappa shape index (κ3) is 3.84. The topological polar surface area (TPSA) is 84.2 Å². The Morgan fingerprint density at radius 2 is 2.07 bits per heavy atom. The molecule has 0 unspecified atom stereocenters. The molecule has 0 spiro atoms. The summed E-state index contributed by atoms with van der Waals surface area (Å²) in [5.41, 5.74) is 2.89. The second-order valence-electron chi connectivity index (χ2n) is 8.02. The van der Waals surface area contributed by atoms with E-state index in [1.165, 1.54) is 24.1 Å². The van der Waals surface area contributed by atoms with E-state index in [1.54, 1.807) is 17.4 Å². The molecule has 0 bridgehead atoms. The van der Waals surface area contributed by atoms with Crippen molar-refractivity contribution in [3.05, 3.63) is 46.4 Å². The lowest BCUT2D eigenvalue weighted by molar-refractivity contribution is 0.0922. The molecule has 0 aromatic carbocycles. The molecule has 1 aliphatic heterocycles. The average molecular weight is 424 g/mol. The second-order valence-corrected chi connectivity index (χ2v) is 8.96. The Labute approximate surface area is 179 Å². The van der Waals surface area contributed by atoms with Crippen molar-refractivity contribution in [1.29, 1.82) is 0 Å². The molecule has 0 saturated carbocycles. The fourth-order valence-corrected chi connectivity index (χ4v) is 5.04. The number of nitrogens with one attached hydrogen (secondary N) is 1. The lowest BCUT2D eigenvalue weighted by Crippen LogP contribution is -2.45. The van der Waals surface area contributed by atoms with Crippen LogP contribution >= 0.6 is 11.3 Å². The highest BCUT2D eigenvalue weighted by Gasteiger charge is 2.27. The maximum absolute atomic E-state index is 12.6. The number of anilines is 1. The predicted molar refractivity (Wildman–Crippen MR) is 116 cm³/mol. The number of rotatable bonds is 4. The maximum atomic E-state index is 12.6. The van der Waals surface area contributed by atoms with Crippen molar-refractivity contribution in [2.75, 3.05) is 18.0 Å². The summed E-state index contributed by atoms with van der Waals surface area (Å²) >= 11 is 1.56. The van der Waals surface area contributed by atoms with Crippen LogP contribution < -0.4 is 10.2 Å². The van der Waals surface area contributed by atoms with Gasteiger partial charge in [0.2, 0.25) is 0 Å². The van der Waals surface area contributed by atoms with Gasteiger partial charge in [0, 0.05) is 36.5 Å². The average Bonchev–Trinajstić information content (AvgIpc) is 3.45. The van der Waals surface area contributed by atoms with E-state index < -0.39 is 0 Å². The molecule has 30 heavy (non-hydrogen) atoms. The van der Waals surface area contributed by atoms with Gasteiger partial charge in [-0.05, 0) is 56.9 Å². The summed E-state index contributed by atoms with van der Waals surface area (Å²) in [7, 11) is 0. The highest BCUT2D eigenvalue weighted by molar-refractivity contribution is 7.13. The lowest BCUT2D eigenvalue weighted by Gasteiger charge is -2.35. The Bertz CT molecular complexity index is 1040. The fourth-order valence-electron chi connectivity index (χ4n) is 4.37. The first-order chi connectivity index (χ1) is 14.7. The van der Waals surface area contributed by atoms with Gasteiger partial charge in [-0.3, -0.25) is 4.79 Å². The van der Waals surface area contributed by atoms with Crippen molar-refractivity contribution in [1.82, 2.24) is 20.4 Å². The summed E-state index contributed by atoms with van der Waals surface area (Å²) in [5, 5.41) is 9.05. The minimum absolute atomic E-state index is 0.134. The molecule has 0 radical (unpaired) electrons. The maximum Gasteiger partial charge on any atom is 0.273 e. The van der Waals surface area contributed by atoms with E-state index in [-0.39, 0.29) is 11.9 Å². The Morgan fingerprint density at radius 1 is 1.23 bits per heavy atom. The molecule has 1 fully saturated rings. The van der Waals surface area contributed by atoms with Gasteiger partial charge in [-0.15, -0.1) is 11.3 Å². The normalized spacial score (nSPS) is 17.0. The van der Waals surface area contributed by atoms with Crippen LogP contribution in [0.15, 0.2) is 28.1 Å². The van der Waals surface area contributed by atoms with Gasteiger partial charge in [-0.1, -0.05) is 11.2 Å². The van der Waals surface area contributed by atoms with Crippen LogP contribution in [-0.4, -0.2) is 40.2 Å². The van der Waals surface area contributed by atoms with Crippen LogP contribution in [-0.2, 0) is 12.8 Å². The SMILES string of the molecule is Cc1nc2c(c(N3CCC(NC(=O)c4cc(-c5cccs5)on4)CC3)n1)CCCC2. The van der Waals surface area contributed by atoms with Crippen molar-refractivity contribution in [3.8, 4) is 10.6 Å². The number of aryl methyl sites for hydroxylation is 2. The molecule has 3 aromatic heterocycles. The molecule has 7 nitrogen and oxygen atoms in total. The molecule has 8 heteroatoms. The fraction of sp³-hybridized carbons (Fsp3) is 0.455. The number of piperidine rings is 1. The van der Waals surface area contributed by atoms with E-state index in [4.69, 9.17) is 9.51 Å². The second kappa shape index (κ2) is 8.18. The molecule has 1 amide bonds. The first-order valence-corrected chi connectivity index (χ1v) is 11.5. The highest BCUT2D eigenvalue weighted by atomic mass is 32.1. The summed E-state index contributed by atoms with van der Waals surface area (Å²) in [6.45, 7) is 3.74. The number of amides is 1. The van der Waals surface area contributed by atoms with Gasteiger partial charge < -0.3 is 14.7 Å². The largest absolute Gasteiger partial charge is 0.356 e. The monoisotopic (exact) mass is 423 g/mol. The van der Waals surface area contributed by atoms with Crippen molar-refractivity contribution < 1.29 is 9.32 Å². The zero-order valence-electron chi connectivity index (χ0n) is 17.1. The smallest absolute Gasteiger partial charge is 0.273 e. The molecular formula is C22H25N5O2S. The Hall–Kier alpha value is -2.74. The summed E-state index contributed by atoms with van der Waals surface area (Å²) in [6.07, 6.45) is 6.33. The van der Waals surface area contributed by atoms with Gasteiger partial charge in [-0.25, -0.2) is 9.97 Å². The van der Waals surface area contributed by atoms with Gasteiger partial charge in [0.05, 0.1) is 4.88 Å². The van der Waals surface area contributed by atoms with Crippen LogP contribution in [0.4, 0.5) is 5.82 Å². The van der Waals surface area contributed by atoms with E-state index in [9.17, 15) is 4.79 Å². The minimum Gasteiger partial charge on any atom is -0.356 e. The van der Waals surface area contributed by atoms with Gasteiger partial charge in [0.25, 0.3) is 5.91 Å². The summed E-state index contributed by atoms with van der Waals surface area (Å²) < 4.78 is 5.34. The number of thiophene rings is 1. The number of hydrogen-bond acceptors (Lipinski definition) is 7. The zero-order chi connectivity index (χ0) is 20.5. The van der Waals surface area contributed by atoms with E-state index in [2.05, 4.69) is 20.4 Å². The van der Waals surface area contributed by atoms with Gasteiger partial charge >= 0.3 is 0 Å².